The largest absolute Gasteiger partial charge is 0.480 e. The van der Waals surface area contributed by atoms with Gasteiger partial charge in [-0.2, -0.15) is 5.10 Å². The van der Waals surface area contributed by atoms with Crippen LogP contribution in [-0.4, -0.2) is 66.4 Å². The first-order valence-electron chi connectivity index (χ1n) is 13.7. The molecule has 0 bridgehead atoms. The molecule has 0 spiro atoms. The summed E-state index contributed by atoms with van der Waals surface area (Å²) in [4.78, 5) is 19.0. The number of rotatable bonds is 7. The fourth-order valence-corrected chi connectivity index (χ4v) is 7.20. The number of aryl methyl sites for hydroxylation is 1. The Kier molecular flexibility index (Phi) is 6.13. The highest BCUT2D eigenvalue weighted by atomic mass is 32.2. The highest BCUT2D eigenvalue weighted by molar-refractivity contribution is 8.00. The van der Waals surface area contributed by atoms with Crippen LogP contribution in [0.4, 0.5) is 0 Å². The monoisotopic (exact) mass is 551 g/mol. The second-order valence-electron chi connectivity index (χ2n) is 11.1. The summed E-state index contributed by atoms with van der Waals surface area (Å²) in [5, 5.41) is 14.5. The van der Waals surface area contributed by atoms with Crippen molar-refractivity contribution < 1.29 is 24.1 Å². The number of hydrogen-bond acceptors (Lipinski definition) is 8. The zero-order valence-electron chi connectivity index (χ0n) is 22.2. The SMILES string of the molecule is Cn1ccc(C2(C)Oc3cccc(C4CCN(Cc5nc6c(n5CC5CCO5)CC(C(=O)O)S6)CC4)c3O2)n1. The van der Waals surface area contributed by atoms with E-state index in [1.165, 1.54) is 17.3 Å². The standard InChI is InChI=1S/C28H33N5O5S/c1-28(23-8-10-31(2)30-23)37-21-5-3-4-19(25(21)38-28)17-6-11-32(12-7-17)16-24-29-26-20(14-22(39-26)27(34)35)33(24)15-18-9-13-36-18/h3-5,8,10,17-18,22H,6-7,9,11-16H2,1-2H3,(H,34,35). The molecule has 1 N–H and O–H groups in total. The molecule has 2 saturated heterocycles. The van der Waals surface area contributed by atoms with Crippen LogP contribution in [0.1, 0.15) is 54.9 Å². The number of carboxylic acids is 1. The molecule has 0 amide bonds. The van der Waals surface area contributed by atoms with Crippen molar-refractivity contribution in [2.45, 2.75) is 73.8 Å². The quantitative estimate of drug-likeness (QED) is 0.472. The van der Waals surface area contributed by atoms with E-state index in [0.717, 1.165) is 85.8 Å². The molecule has 6 heterocycles. The van der Waals surface area contributed by atoms with Gasteiger partial charge in [-0.25, -0.2) is 4.98 Å². The maximum Gasteiger partial charge on any atom is 0.317 e. The number of carboxylic acid groups (broad SMARTS) is 1. The Hall–Kier alpha value is -3.02. The molecular formula is C28H33N5O5S. The normalized spacial score (nSPS) is 26.5. The van der Waals surface area contributed by atoms with Crippen molar-refractivity contribution in [3.63, 3.8) is 0 Å². The molecule has 10 nitrogen and oxygen atoms in total. The summed E-state index contributed by atoms with van der Waals surface area (Å²) >= 11 is 1.38. The Bertz CT molecular complexity index is 1410. The maximum atomic E-state index is 11.6. The predicted molar refractivity (Wildman–Crippen MR) is 143 cm³/mol. The van der Waals surface area contributed by atoms with Crippen LogP contribution in [0, 0.1) is 0 Å². The van der Waals surface area contributed by atoms with Crippen LogP contribution in [0.3, 0.4) is 0 Å². The summed E-state index contributed by atoms with van der Waals surface area (Å²) in [6.07, 6.45) is 5.69. The van der Waals surface area contributed by atoms with E-state index < -0.39 is 17.0 Å². The van der Waals surface area contributed by atoms with Gasteiger partial charge in [0.2, 0.25) is 0 Å². The molecule has 2 fully saturated rings. The second kappa shape index (κ2) is 9.57. The lowest BCUT2D eigenvalue weighted by Crippen LogP contribution is -2.36. The Morgan fingerprint density at radius 2 is 2.03 bits per heavy atom. The van der Waals surface area contributed by atoms with Crippen LogP contribution in [0.25, 0.3) is 0 Å². The van der Waals surface area contributed by atoms with E-state index in [-0.39, 0.29) is 6.10 Å². The fourth-order valence-electron chi connectivity index (χ4n) is 6.10. The van der Waals surface area contributed by atoms with E-state index in [1.54, 1.807) is 4.68 Å². The molecule has 206 valence electrons. The summed E-state index contributed by atoms with van der Waals surface area (Å²) in [6.45, 7) is 6.14. The van der Waals surface area contributed by atoms with E-state index in [2.05, 4.69) is 26.7 Å². The number of ether oxygens (including phenoxy) is 3. The van der Waals surface area contributed by atoms with E-state index in [9.17, 15) is 9.90 Å². The number of benzene rings is 1. The Morgan fingerprint density at radius 3 is 2.72 bits per heavy atom. The van der Waals surface area contributed by atoms with Crippen molar-refractivity contribution in [3.8, 4) is 11.5 Å². The smallest absolute Gasteiger partial charge is 0.317 e. The van der Waals surface area contributed by atoms with Crippen molar-refractivity contribution >= 4 is 17.7 Å². The zero-order chi connectivity index (χ0) is 26.7. The molecule has 4 aliphatic rings. The summed E-state index contributed by atoms with van der Waals surface area (Å²) in [6, 6.07) is 8.12. The van der Waals surface area contributed by atoms with Crippen molar-refractivity contribution in [1.82, 2.24) is 24.2 Å². The van der Waals surface area contributed by atoms with Crippen LogP contribution < -0.4 is 9.47 Å². The molecule has 11 heteroatoms. The topological polar surface area (TPSA) is 104 Å². The minimum absolute atomic E-state index is 0.195. The summed E-state index contributed by atoms with van der Waals surface area (Å²) in [7, 11) is 1.89. The maximum absolute atomic E-state index is 11.6. The molecule has 3 atom stereocenters. The van der Waals surface area contributed by atoms with Crippen molar-refractivity contribution in [3.05, 3.63) is 53.2 Å². The number of para-hydroxylation sites is 1. The molecule has 39 heavy (non-hydrogen) atoms. The molecule has 0 radical (unpaired) electrons. The average molecular weight is 552 g/mol. The lowest BCUT2D eigenvalue weighted by molar-refractivity contribution is -0.136. The van der Waals surface area contributed by atoms with Crippen LogP contribution in [0.15, 0.2) is 35.5 Å². The van der Waals surface area contributed by atoms with E-state index >= 15 is 0 Å². The Balaban J connectivity index is 1.04. The Labute approximate surface area is 231 Å². The van der Waals surface area contributed by atoms with Gasteiger partial charge >= 0.3 is 5.97 Å². The molecule has 3 aromatic rings. The highest BCUT2D eigenvalue weighted by Crippen LogP contribution is 2.49. The zero-order valence-corrected chi connectivity index (χ0v) is 23.0. The fraction of sp³-hybridized carbons (Fsp3) is 0.536. The molecular weight excluding hydrogens is 518 g/mol. The molecule has 0 saturated carbocycles. The number of aromatic nitrogens is 4. The van der Waals surface area contributed by atoms with Crippen LogP contribution in [-0.2, 0) is 41.9 Å². The number of imidazole rings is 1. The predicted octanol–water partition coefficient (Wildman–Crippen LogP) is 3.53. The van der Waals surface area contributed by atoms with Gasteiger partial charge in [-0.05, 0) is 50.4 Å². The molecule has 3 unspecified atom stereocenters. The van der Waals surface area contributed by atoms with E-state index in [1.807, 2.05) is 32.3 Å². The molecule has 4 aliphatic heterocycles. The number of carbonyl (C=O) groups is 1. The van der Waals surface area contributed by atoms with Gasteiger partial charge < -0.3 is 23.9 Å². The number of nitrogens with zero attached hydrogens (tertiary/aromatic N) is 5. The van der Waals surface area contributed by atoms with Gasteiger partial charge in [-0.3, -0.25) is 14.4 Å². The summed E-state index contributed by atoms with van der Waals surface area (Å²) in [5.74, 6) is 1.31. The van der Waals surface area contributed by atoms with Crippen LogP contribution in [0.5, 0.6) is 11.5 Å². The van der Waals surface area contributed by atoms with Crippen molar-refractivity contribution in [1.29, 1.82) is 0 Å². The number of piperidine rings is 1. The molecule has 2 aromatic heterocycles. The average Bonchev–Trinajstić information content (AvgIpc) is 3.64. The van der Waals surface area contributed by atoms with Gasteiger partial charge in [0.25, 0.3) is 5.79 Å². The van der Waals surface area contributed by atoms with Gasteiger partial charge in [-0.1, -0.05) is 23.9 Å². The first-order valence-corrected chi connectivity index (χ1v) is 14.6. The first-order chi connectivity index (χ1) is 18.9. The minimum Gasteiger partial charge on any atom is -0.480 e. The lowest BCUT2D eigenvalue weighted by Gasteiger charge is -2.33. The number of fused-ring (bicyclic) bond motifs is 2. The van der Waals surface area contributed by atoms with Gasteiger partial charge in [0.15, 0.2) is 11.5 Å². The van der Waals surface area contributed by atoms with Crippen molar-refractivity contribution in [2.24, 2.45) is 7.05 Å². The van der Waals surface area contributed by atoms with Crippen LogP contribution >= 0.6 is 11.8 Å². The summed E-state index contributed by atoms with van der Waals surface area (Å²) in [5.41, 5.74) is 3.01. The van der Waals surface area contributed by atoms with Crippen molar-refractivity contribution in [2.75, 3.05) is 19.7 Å². The van der Waals surface area contributed by atoms with Gasteiger partial charge in [0.05, 0.1) is 24.9 Å². The lowest BCUT2D eigenvalue weighted by atomic mass is 9.88. The third kappa shape index (κ3) is 4.50. The van der Waals surface area contributed by atoms with Gasteiger partial charge in [0, 0.05) is 38.8 Å². The summed E-state index contributed by atoms with van der Waals surface area (Å²) < 4.78 is 22.4. The first kappa shape index (κ1) is 25.0. The number of likely N-dealkylation sites (tertiary alicyclic amines) is 1. The third-order valence-electron chi connectivity index (χ3n) is 8.38. The van der Waals surface area contributed by atoms with Gasteiger partial charge in [-0.15, -0.1) is 0 Å². The third-order valence-corrected chi connectivity index (χ3v) is 9.59. The number of thioether (sulfide) groups is 1. The van der Waals surface area contributed by atoms with E-state index in [0.29, 0.717) is 12.3 Å². The second-order valence-corrected chi connectivity index (χ2v) is 12.3. The number of aliphatic carboxylic acids is 1. The molecule has 1 aromatic carbocycles. The number of hydrogen-bond donors (Lipinski definition) is 1. The highest BCUT2D eigenvalue weighted by Gasteiger charge is 2.43. The van der Waals surface area contributed by atoms with Gasteiger partial charge in [0.1, 0.15) is 21.8 Å². The Morgan fingerprint density at radius 1 is 1.21 bits per heavy atom. The van der Waals surface area contributed by atoms with Crippen LogP contribution in [0.2, 0.25) is 0 Å². The molecule has 7 rings (SSSR count). The minimum atomic E-state index is -0.931. The van der Waals surface area contributed by atoms with E-state index in [4.69, 9.17) is 19.2 Å². The molecule has 0 aliphatic carbocycles.